The number of carbonyl (C=O) groups is 1. The average molecular weight is 396 g/mol. The Morgan fingerprint density at radius 2 is 1.87 bits per heavy atom. The Kier molecular flexibility index (Phi) is 5.66. The number of H-pyrrole nitrogens is 1. The van der Waals surface area contributed by atoms with Crippen molar-refractivity contribution < 1.29 is 9.53 Å². The summed E-state index contributed by atoms with van der Waals surface area (Å²) in [6.07, 6.45) is 5.09. The van der Waals surface area contributed by atoms with E-state index >= 15 is 0 Å². The normalized spacial score (nSPS) is 11.4. The summed E-state index contributed by atoms with van der Waals surface area (Å²) in [4.78, 5) is 12.3. The van der Waals surface area contributed by atoms with Crippen LogP contribution in [0.4, 0.5) is 0 Å². The molecule has 1 heterocycles. The molecule has 0 fully saturated rings. The summed E-state index contributed by atoms with van der Waals surface area (Å²) in [5.41, 5.74) is 5.42. The first-order valence-electron chi connectivity index (χ1n) is 9.43. The molecule has 0 saturated heterocycles. The molecule has 0 aliphatic rings. The molecule has 0 spiro atoms. The topological polar surface area (TPSA) is 79.4 Å². The number of hydrogen-bond acceptors (Lipinski definition) is 4. The van der Waals surface area contributed by atoms with Gasteiger partial charge in [0.1, 0.15) is 11.4 Å². The van der Waals surface area contributed by atoms with Crippen LogP contribution in [-0.4, -0.2) is 29.4 Å². The van der Waals surface area contributed by atoms with E-state index in [4.69, 9.17) is 4.74 Å². The number of nitrogens with zero attached hydrogens (tertiary/aromatic N) is 2. The van der Waals surface area contributed by atoms with E-state index in [9.17, 15) is 4.79 Å². The molecule has 1 aromatic heterocycles. The number of methoxy groups -OCH3 is 1. The average Bonchev–Trinajstić information content (AvgIpc) is 3.29. The zero-order valence-corrected chi connectivity index (χ0v) is 16.4. The van der Waals surface area contributed by atoms with Crippen molar-refractivity contribution >= 4 is 29.0 Å². The van der Waals surface area contributed by atoms with Gasteiger partial charge in [-0.3, -0.25) is 9.89 Å². The molecule has 1 amide bonds. The molecule has 0 radical (unpaired) electrons. The van der Waals surface area contributed by atoms with Gasteiger partial charge in [0.15, 0.2) is 0 Å². The Hall–Kier alpha value is -4.19. The van der Waals surface area contributed by atoms with Crippen LogP contribution >= 0.6 is 0 Å². The van der Waals surface area contributed by atoms with Crippen molar-refractivity contribution in [3.63, 3.8) is 0 Å². The van der Waals surface area contributed by atoms with Crippen LogP contribution in [0.3, 0.4) is 0 Å². The molecule has 6 heteroatoms. The molecular weight excluding hydrogens is 376 g/mol. The van der Waals surface area contributed by atoms with Gasteiger partial charge in [-0.2, -0.15) is 10.2 Å². The highest BCUT2D eigenvalue weighted by molar-refractivity contribution is 5.98. The summed E-state index contributed by atoms with van der Waals surface area (Å²) in [6, 6.07) is 23.4. The van der Waals surface area contributed by atoms with Crippen LogP contribution in [0, 0.1) is 0 Å². The fraction of sp³-hybridized carbons (Fsp3) is 0.0417. The van der Waals surface area contributed by atoms with Crippen LogP contribution in [0.5, 0.6) is 5.75 Å². The van der Waals surface area contributed by atoms with E-state index in [2.05, 4.69) is 20.7 Å². The number of aromatic amines is 1. The zero-order chi connectivity index (χ0) is 20.8. The number of nitrogens with one attached hydrogen (secondary N) is 2. The number of hydrazone groups is 1. The second kappa shape index (κ2) is 8.87. The maximum Gasteiger partial charge on any atom is 0.289 e. The lowest BCUT2D eigenvalue weighted by atomic mass is 10.0. The molecule has 6 nitrogen and oxygen atoms in total. The standard InChI is InChI=1S/C24H20N4O2/c1-30-23-14-5-3-9-18(23)11-7-15-25-28-24(29)22-16-21(26-27-22)20-13-6-10-17-8-2-4-12-19(17)20/h2-16H,1H3,(H,26,27)(H,28,29)/b11-7-,25-15-. The van der Waals surface area contributed by atoms with Gasteiger partial charge in [0.25, 0.3) is 5.91 Å². The minimum atomic E-state index is -0.365. The summed E-state index contributed by atoms with van der Waals surface area (Å²) in [6.45, 7) is 0. The number of para-hydroxylation sites is 1. The number of ether oxygens (including phenoxy) is 1. The van der Waals surface area contributed by atoms with Gasteiger partial charge in [-0.25, -0.2) is 5.43 Å². The molecule has 0 saturated carbocycles. The van der Waals surface area contributed by atoms with Gasteiger partial charge in [-0.05, 0) is 35.1 Å². The third-order valence-corrected chi connectivity index (χ3v) is 4.63. The van der Waals surface area contributed by atoms with E-state index in [1.165, 1.54) is 6.21 Å². The Morgan fingerprint density at radius 1 is 1.07 bits per heavy atom. The number of amides is 1. The van der Waals surface area contributed by atoms with Gasteiger partial charge in [0, 0.05) is 17.3 Å². The Morgan fingerprint density at radius 3 is 2.77 bits per heavy atom. The first kappa shape index (κ1) is 19.1. The summed E-state index contributed by atoms with van der Waals surface area (Å²) >= 11 is 0. The van der Waals surface area contributed by atoms with Gasteiger partial charge in [0.2, 0.25) is 0 Å². The summed E-state index contributed by atoms with van der Waals surface area (Å²) < 4.78 is 5.29. The van der Waals surface area contributed by atoms with Crippen molar-refractivity contribution in [2.45, 2.75) is 0 Å². The van der Waals surface area contributed by atoms with Gasteiger partial charge < -0.3 is 4.74 Å². The Balaban J connectivity index is 1.43. The largest absolute Gasteiger partial charge is 0.496 e. The molecule has 0 unspecified atom stereocenters. The highest BCUT2D eigenvalue weighted by atomic mass is 16.5. The maximum atomic E-state index is 12.3. The van der Waals surface area contributed by atoms with Crippen molar-refractivity contribution in [3.8, 4) is 17.0 Å². The number of carbonyl (C=O) groups excluding carboxylic acids is 1. The van der Waals surface area contributed by atoms with Crippen molar-refractivity contribution in [1.82, 2.24) is 15.6 Å². The van der Waals surface area contributed by atoms with E-state index in [0.717, 1.165) is 27.6 Å². The number of aromatic nitrogens is 2. The van der Waals surface area contributed by atoms with Crippen LogP contribution < -0.4 is 10.2 Å². The van der Waals surface area contributed by atoms with Crippen LogP contribution in [0.1, 0.15) is 16.1 Å². The highest BCUT2D eigenvalue weighted by Gasteiger charge is 2.12. The lowest BCUT2D eigenvalue weighted by molar-refractivity contribution is 0.0950. The van der Waals surface area contributed by atoms with Gasteiger partial charge in [-0.1, -0.05) is 60.7 Å². The predicted octanol–water partition coefficient (Wildman–Crippen LogP) is 4.67. The molecular formula is C24H20N4O2. The molecule has 4 rings (SSSR count). The quantitative estimate of drug-likeness (QED) is 0.367. The van der Waals surface area contributed by atoms with Crippen molar-refractivity contribution in [2.24, 2.45) is 5.10 Å². The SMILES string of the molecule is COc1ccccc1/C=C\C=N/NC(=O)c1cc(-c2cccc3ccccc23)n[nH]1. The predicted molar refractivity (Wildman–Crippen MR) is 120 cm³/mol. The van der Waals surface area contributed by atoms with E-state index in [-0.39, 0.29) is 5.91 Å². The van der Waals surface area contributed by atoms with E-state index in [1.54, 1.807) is 19.3 Å². The molecule has 30 heavy (non-hydrogen) atoms. The van der Waals surface area contributed by atoms with Crippen molar-refractivity contribution in [3.05, 3.63) is 90.1 Å². The molecule has 0 bridgehead atoms. The first-order chi connectivity index (χ1) is 14.8. The minimum Gasteiger partial charge on any atom is -0.496 e. The molecule has 148 valence electrons. The number of rotatable bonds is 6. The van der Waals surface area contributed by atoms with Crippen LogP contribution in [0.15, 0.2) is 84.0 Å². The lowest BCUT2D eigenvalue weighted by Crippen LogP contribution is -2.17. The zero-order valence-electron chi connectivity index (χ0n) is 16.4. The molecule has 4 aromatic rings. The van der Waals surface area contributed by atoms with Crippen LogP contribution in [0.2, 0.25) is 0 Å². The smallest absolute Gasteiger partial charge is 0.289 e. The lowest BCUT2D eigenvalue weighted by Gasteiger charge is -2.02. The second-order valence-electron chi connectivity index (χ2n) is 6.51. The third kappa shape index (κ3) is 4.12. The first-order valence-corrected chi connectivity index (χ1v) is 9.43. The molecule has 0 aliphatic heterocycles. The van der Waals surface area contributed by atoms with Crippen molar-refractivity contribution in [1.29, 1.82) is 0 Å². The fourth-order valence-electron chi connectivity index (χ4n) is 3.17. The van der Waals surface area contributed by atoms with Crippen molar-refractivity contribution in [2.75, 3.05) is 7.11 Å². The number of allylic oxidation sites excluding steroid dienone is 1. The molecule has 0 atom stereocenters. The van der Waals surface area contributed by atoms with E-state index < -0.39 is 0 Å². The third-order valence-electron chi connectivity index (χ3n) is 4.63. The minimum absolute atomic E-state index is 0.337. The van der Waals surface area contributed by atoms with Crippen LogP contribution in [0.25, 0.3) is 28.1 Å². The summed E-state index contributed by atoms with van der Waals surface area (Å²) in [5, 5.41) is 13.2. The maximum absolute atomic E-state index is 12.3. The Bertz CT molecular complexity index is 1240. The second-order valence-corrected chi connectivity index (χ2v) is 6.51. The number of benzene rings is 3. The number of fused-ring (bicyclic) bond motifs is 1. The molecule has 3 aromatic carbocycles. The number of hydrogen-bond donors (Lipinski definition) is 2. The van der Waals surface area contributed by atoms with Gasteiger partial charge in [0.05, 0.1) is 12.8 Å². The molecule has 2 N–H and O–H groups in total. The summed E-state index contributed by atoms with van der Waals surface area (Å²) in [7, 11) is 1.62. The van der Waals surface area contributed by atoms with E-state index in [0.29, 0.717) is 11.4 Å². The van der Waals surface area contributed by atoms with E-state index in [1.807, 2.05) is 72.8 Å². The highest BCUT2D eigenvalue weighted by Crippen LogP contribution is 2.27. The Labute approximate surface area is 173 Å². The fourth-order valence-corrected chi connectivity index (χ4v) is 3.17. The van der Waals surface area contributed by atoms with Crippen LogP contribution in [-0.2, 0) is 0 Å². The monoisotopic (exact) mass is 396 g/mol. The summed E-state index contributed by atoms with van der Waals surface area (Å²) in [5.74, 6) is 0.403. The van der Waals surface area contributed by atoms with Gasteiger partial charge in [-0.15, -0.1) is 0 Å². The molecule has 0 aliphatic carbocycles. The van der Waals surface area contributed by atoms with Gasteiger partial charge >= 0.3 is 0 Å².